The summed E-state index contributed by atoms with van der Waals surface area (Å²) in [6.07, 6.45) is 4.27. The zero-order valence-corrected chi connectivity index (χ0v) is 10.5. The normalized spacial score (nSPS) is 14.8. The average molecular weight is 264 g/mol. The Kier molecular flexibility index (Phi) is 4.11. The average Bonchev–Trinajstić information content (AvgIpc) is 2.35. The van der Waals surface area contributed by atoms with Crippen molar-refractivity contribution < 1.29 is 19.8 Å². The first-order valence-corrected chi connectivity index (χ1v) is 6.24. The van der Waals surface area contributed by atoms with Gasteiger partial charge in [-0.2, -0.15) is 0 Å². The summed E-state index contributed by atoms with van der Waals surface area (Å²) in [5, 5.41) is 17.8. The molecule has 0 atom stereocenters. The highest BCUT2D eigenvalue weighted by atomic mass is 16.4. The van der Waals surface area contributed by atoms with Crippen LogP contribution in [-0.2, 0) is 0 Å². The highest BCUT2D eigenvalue weighted by Gasteiger charge is 2.29. The fraction of sp³-hybridized carbons (Fsp3) is 0.462. The standard InChI is InChI=1S/C13H16N2O4/c16-7-6-15(10-2-1-3-10)12(17)9-4-5-11(13(18)19)14-8-9/h4-5,8,10,16H,1-3,6-7H2,(H,18,19). The lowest BCUT2D eigenvalue weighted by molar-refractivity contribution is 0.0524. The molecule has 2 N–H and O–H groups in total. The van der Waals surface area contributed by atoms with Crippen LogP contribution in [0.2, 0.25) is 0 Å². The van der Waals surface area contributed by atoms with Crippen LogP contribution < -0.4 is 0 Å². The molecule has 0 aromatic carbocycles. The maximum absolute atomic E-state index is 12.3. The van der Waals surface area contributed by atoms with E-state index in [1.807, 2.05) is 0 Å². The number of carbonyl (C=O) groups excluding carboxylic acids is 1. The number of amides is 1. The largest absolute Gasteiger partial charge is 0.477 e. The van der Waals surface area contributed by atoms with Gasteiger partial charge in [-0.1, -0.05) is 0 Å². The van der Waals surface area contributed by atoms with Crippen molar-refractivity contribution in [1.82, 2.24) is 9.88 Å². The van der Waals surface area contributed by atoms with E-state index in [-0.39, 0.29) is 24.2 Å². The molecule has 1 aromatic heterocycles. The summed E-state index contributed by atoms with van der Waals surface area (Å²) in [6.45, 7) is 0.215. The van der Waals surface area contributed by atoms with E-state index in [0.717, 1.165) is 19.3 Å². The van der Waals surface area contributed by atoms with Crippen molar-refractivity contribution in [3.05, 3.63) is 29.6 Å². The number of aliphatic hydroxyl groups is 1. The summed E-state index contributed by atoms with van der Waals surface area (Å²) in [6, 6.07) is 2.95. The van der Waals surface area contributed by atoms with Crippen molar-refractivity contribution >= 4 is 11.9 Å². The quantitative estimate of drug-likeness (QED) is 0.819. The zero-order valence-electron chi connectivity index (χ0n) is 10.5. The van der Waals surface area contributed by atoms with Crippen molar-refractivity contribution in [3.8, 4) is 0 Å². The van der Waals surface area contributed by atoms with Gasteiger partial charge in [-0.15, -0.1) is 0 Å². The molecule has 6 heteroatoms. The number of carbonyl (C=O) groups is 2. The Morgan fingerprint density at radius 1 is 1.37 bits per heavy atom. The lowest BCUT2D eigenvalue weighted by Crippen LogP contribution is -2.45. The summed E-state index contributed by atoms with van der Waals surface area (Å²) in [5.41, 5.74) is 0.263. The maximum atomic E-state index is 12.3. The summed E-state index contributed by atoms with van der Waals surface area (Å²) < 4.78 is 0. The van der Waals surface area contributed by atoms with Crippen LogP contribution in [0.4, 0.5) is 0 Å². The van der Waals surface area contributed by atoms with Gasteiger partial charge in [-0.3, -0.25) is 4.79 Å². The van der Waals surface area contributed by atoms with Crippen LogP contribution in [0.25, 0.3) is 0 Å². The first-order valence-electron chi connectivity index (χ1n) is 6.24. The smallest absolute Gasteiger partial charge is 0.354 e. The molecule has 0 saturated heterocycles. The van der Waals surface area contributed by atoms with Gasteiger partial charge in [0.15, 0.2) is 0 Å². The second kappa shape index (κ2) is 5.79. The van der Waals surface area contributed by atoms with E-state index < -0.39 is 5.97 Å². The molecule has 0 radical (unpaired) electrons. The predicted molar refractivity (Wildman–Crippen MR) is 67.0 cm³/mol. The Balaban J connectivity index is 2.13. The van der Waals surface area contributed by atoms with E-state index in [2.05, 4.69) is 4.98 Å². The minimum Gasteiger partial charge on any atom is -0.477 e. The first-order chi connectivity index (χ1) is 9.13. The number of aromatic nitrogens is 1. The molecule has 1 aromatic rings. The number of rotatable bonds is 5. The number of nitrogens with zero attached hydrogens (tertiary/aromatic N) is 2. The molecule has 1 saturated carbocycles. The molecule has 0 bridgehead atoms. The van der Waals surface area contributed by atoms with E-state index >= 15 is 0 Å². The number of hydrogen-bond donors (Lipinski definition) is 2. The molecule has 6 nitrogen and oxygen atoms in total. The number of aromatic carboxylic acids is 1. The van der Waals surface area contributed by atoms with Gasteiger partial charge in [0.25, 0.3) is 5.91 Å². The molecule has 102 valence electrons. The lowest BCUT2D eigenvalue weighted by atomic mass is 9.91. The predicted octanol–water partition coefficient (Wildman–Crippen LogP) is 0.767. The van der Waals surface area contributed by atoms with Crippen LogP contribution >= 0.6 is 0 Å². The van der Waals surface area contributed by atoms with Crippen LogP contribution in [-0.4, -0.2) is 51.2 Å². The Bertz CT molecular complexity index is 468. The first kappa shape index (κ1) is 13.5. The molecular formula is C13H16N2O4. The molecule has 19 heavy (non-hydrogen) atoms. The van der Waals surface area contributed by atoms with E-state index in [4.69, 9.17) is 10.2 Å². The molecule has 1 heterocycles. The zero-order chi connectivity index (χ0) is 13.8. The van der Waals surface area contributed by atoms with Gasteiger partial charge in [-0.25, -0.2) is 9.78 Å². The Morgan fingerprint density at radius 3 is 2.53 bits per heavy atom. The van der Waals surface area contributed by atoms with E-state index in [1.165, 1.54) is 18.3 Å². The van der Waals surface area contributed by atoms with Gasteiger partial charge in [0, 0.05) is 18.8 Å². The van der Waals surface area contributed by atoms with E-state index in [9.17, 15) is 9.59 Å². The van der Waals surface area contributed by atoms with Gasteiger partial charge in [-0.05, 0) is 31.4 Å². The summed E-state index contributed by atoms with van der Waals surface area (Å²) in [5.74, 6) is -1.33. The Hall–Kier alpha value is -1.95. The van der Waals surface area contributed by atoms with Crippen molar-refractivity contribution in [2.45, 2.75) is 25.3 Å². The van der Waals surface area contributed by atoms with Crippen LogP contribution in [0, 0.1) is 0 Å². The number of carboxylic acids is 1. The van der Waals surface area contributed by atoms with Gasteiger partial charge in [0.2, 0.25) is 0 Å². The van der Waals surface area contributed by atoms with Crippen molar-refractivity contribution in [2.75, 3.05) is 13.2 Å². The fourth-order valence-electron chi connectivity index (χ4n) is 2.07. The monoisotopic (exact) mass is 264 g/mol. The molecule has 0 unspecified atom stereocenters. The van der Waals surface area contributed by atoms with E-state index in [1.54, 1.807) is 4.90 Å². The number of hydrogen-bond acceptors (Lipinski definition) is 4. The summed E-state index contributed by atoms with van der Waals surface area (Å²) >= 11 is 0. The number of carboxylic acid groups (broad SMARTS) is 1. The van der Waals surface area contributed by atoms with Gasteiger partial charge in [0.1, 0.15) is 5.69 Å². The maximum Gasteiger partial charge on any atom is 0.354 e. The summed E-state index contributed by atoms with van der Waals surface area (Å²) in [7, 11) is 0. The van der Waals surface area contributed by atoms with Crippen LogP contribution in [0.5, 0.6) is 0 Å². The lowest BCUT2D eigenvalue weighted by Gasteiger charge is -2.37. The molecule has 0 aliphatic heterocycles. The van der Waals surface area contributed by atoms with Gasteiger partial charge < -0.3 is 15.1 Å². The number of aliphatic hydroxyl groups excluding tert-OH is 1. The molecular weight excluding hydrogens is 248 g/mol. The third kappa shape index (κ3) is 2.90. The second-order valence-corrected chi connectivity index (χ2v) is 4.54. The number of pyridine rings is 1. The SMILES string of the molecule is O=C(O)c1ccc(C(=O)N(CCO)C2CCC2)cn1. The van der Waals surface area contributed by atoms with E-state index in [0.29, 0.717) is 12.1 Å². The highest BCUT2D eigenvalue weighted by Crippen LogP contribution is 2.25. The second-order valence-electron chi connectivity index (χ2n) is 4.54. The van der Waals surface area contributed by atoms with Crippen LogP contribution in [0.1, 0.15) is 40.1 Å². The third-order valence-corrected chi connectivity index (χ3v) is 3.35. The van der Waals surface area contributed by atoms with Crippen LogP contribution in [0.15, 0.2) is 18.3 Å². The fourth-order valence-corrected chi connectivity index (χ4v) is 2.07. The Morgan fingerprint density at radius 2 is 2.11 bits per heavy atom. The minimum absolute atomic E-state index is 0.0805. The third-order valence-electron chi connectivity index (χ3n) is 3.35. The molecule has 1 aliphatic carbocycles. The topological polar surface area (TPSA) is 90.7 Å². The molecule has 0 spiro atoms. The van der Waals surface area contributed by atoms with Gasteiger partial charge >= 0.3 is 5.97 Å². The van der Waals surface area contributed by atoms with Crippen LogP contribution in [0.3, 0.4) is 0 Å². The highest BCUT2D eigenvalue weighted by molar-refractivity contribution is 5.95. The molecule has 1 fully saturated rings. The van der Waals surface area contributed by atoms with Crippen molar-refractivity contribution in [3.63, 3.8) is 0 Å². The Labute approximate surface area is 110 Å². The van der Waals surface area contributed by atoms with Crippen molar-refractivity contribution in [2.24, 2.45) is 0 Å². The molecule has 2 rings (SSSR count). The van der Waals surface area contributed by atoms with Gasteiger partial charge in [0.05, 0.1) is 12.2 Å². The molecule has 1 amide bonds. The minimum atomic E-state index is -1.12. The van der Waals surface area contributed by atoms with Crippen molar-refractivity contribution in [1.29, 1.82) is 0 Å². The molecule has 1 aliphatic rings. The summed E-state index contributed by atoms with van der Waals surface area (Å²) in [4.78, 5) is 28.3.